The topological polar surface area (TPSA) is 70.2 Å². The van der Waals surface area contributed by atoms with Crippen molar-refractivity contribution in [2.75, 3.05) is 76.2 Å². The second kappa shape index (κ2) is 10.2. The number of aromatic nitrogens is 1. The van der Waals surface area contributed by atoms with Crippen molar-refractivity contribution in [3.63, 3.8) is 0 Å². The van der Waals surface area contributed by atoms with E-state index in [0.717, 1.165) is 67.7 Å². The lowest BCUT2D eigenvalue weighted by atomic mass is 10.1. The van der Waals surface area contributed by atoms with E-state index in [1.807, 2.05) is 24.4 Å². The number of pyridine rings is 1. The average molecular weight is 428 g/mol. The Morgan fingerprint density at radius 2 is 1.74 bits per heavy atom. The second-order valence-electron chi connectivity index (χ2n) is 7.72. The molecular weight excluding hydrogens is 394 g/mol. The van der Waals surface area contributed by atoms with E-state index in [9.17, 15) is 4.79 Å². The number of carbonyl (C=O) groups excluding carboxylic acids is 1. The second-order valence-corrected chi connectivity index (χ2v) is 7.72. The lowest BCUT2D eigenvalue weighted by Crippen LogP contribution is -2.47. The standard InChI is InChI=1S/C23H33N5O3/c1-6-9-25-22-18(23(29)26(2)3)15-24-16-20(22)28-12-10-27(11-13-28)19-8-7-17(30-4)14-21(19)31-5/h7-8,14-16H,6,9-13H2,1-5H3,(H,24,25). The van der Waals surface area contributed by atoms with Crippen LogP contribution in [-0.4, -0.2) is 76.8 Å². The van der Waals surface area contributed by atoms with Gasteiger partial charge in [0.2, 0.25) is 0 Å². The van der Waals surface area contributed by atoms with Gasteiger partial charge in [-0.2, -0.15) is 0 Å². The van der Waals surface area contributed by atoms with Gasteiger partial charge in [-0.15, -0.1) is 0 Å². The van der Waals surface area contributed by atoms with E-state index >= 15 is 0 Å². The van der Waals surface area contributed by atoms with Gasteiger partial charge in [-0.1, -0.05) is 6.92 Å². The fourth-order valence-corrected chi connectivity index (χ4v) is 3.76. The van der Waals surface area contributed by atoms with Crippen molar-refractivity contribution in [3.8, 4) is 11.5 Å². The van der Waals surface area contributed by atoms with Crippen molar-refractivity contribution in [2.45, 2.75) is 13.3 Å². The summed E-state index contributed by atoms with van der Waals surface area (Å²) < 4.78 is 10.9. The van der Waals surface area contributed by atoms with E-state index in [4.69, 9.17) is 9.47 Å². The van der Waals surface area contributed by atoms with Crippen LogP contribution < -0.4 is 24.6 Å². The molecule has 2 aromatic rings. The molecule has 31 heavy (non-hydrogen) atoms. The minimum Gasteiger partial charge on any atom is -0.497 e. The highest BCUT2D eigenvalue weighted by atomic mass is 16.5. The fourth-order valence-electron chi connectivity index (χ4n) is 3.76. The van der Waals surface area contributed by atoms with Gasteiger partial charge in [0.05, 0.1) is 43.0 Å². The third-order valence-electron chi connectivity index (χ3n) is 5.46. The van der Waals surface area contributed by atoms with Crippen molar-refractivity contribution in [1.82, 2.24) is 9.88 Å². The minimum atomic E-state index is -0.0467. The molecule has 3 rings (SSSR count). The first-order valence-corrected chi connectivity index (χ1v) is 10.7. The summed E-state index contributed by atoms with van der Waals surface area (Å²) in [6.07, 6.45) is 4.48. The maximum atomic E-state index is 12.7. The summed E-state index contributed by atoms with van der Waals surface area (Å²) in [5.74, 6) is 1.53. The first-order valence-electron chi connectivity index (χ1n) is 10.7. The Morgan fingerprint density at radius 3 is 2.32 bits per heavy atom. The van der Waals surface area contributed by atoms with E-state index in [0.29, 0.717) is 5.56 Å². The first-order chi connectivity index (χ1) is 15.0. The SMILES string of the molecule is CCCNc1c(C(=O)N(C)C)cncc1N1CCN(c2ccc(OC)cc2OC)CC1. The number of nitrogens with one attached hydrogen (secondary N) is 1. The normalized spacial score (nSPS) is 13.7. The predicted octanol–water partition coefficient (Wildman–Crippen LogP) is 2.95. The maximum Gasteiger partial charge on any atom is 0.257 e. The van der Waals surface area contributed by atoms with Gasteiger partial charge >= 0.3 is 0 Å². The Hall–Kier alpha value is -3.16. The molecule has 2 heterocycles. The number of hydrogen-bond donors (Lipinski definition) is 1. The molecule has 1 saturated heterocycles. The molecule has 0 unspecified atom stereocenters. The highest BCUT2D eigenvalue weighted by Crippen LogP contribution is 2.35. The van der Waals surface area contributed by atoms with Crippen LogP contribution in [0.25, 0.3) is 0 Å². The number of piperazine rings is 1. The number of hydrogen-bond acceptors (Lipinski definition) is 7. The molecule has 0 aliphatic carbocycles. The Morgan fingerprint density at radius 1 is 1.06 bits per heavy atom. The Labute approximate surface area is 184 Å². The summed E-state index contributed by atoms with van der Waals surface area (Å²) in [5, 5.41) is 3.46. The van der Waals surface area contributed by atoms with Crippen molar-refractivity contribution in [3.05, 3.63) is 36.2 Å². The van der Waals surface area contributed by atoms with E-state index in [1.165, 1.54) is 0 Å². The minimum absolute atomic E-state index is 0.0467. The van der Waals surface area contributed by atoms with Gasteiger partial charge in [-0.3, -0.25) is 9.78 Å². The molecule has 1 fully saturated rings. The van der Waals surface area contributed by atoms with Gasteiger partial charge in [0.1, 0.15) is 11.5 Å². The van der Waals surface area contributed by atoms with Crippen LogP contribution in [0.1, 0.15) is 23.7 Å². The predicted molar refractivity (Wildman–Crippen MR) is 125 cm³/mol. The average Bonchev–Trinajstić information content (AvgIpc) is 2.81. The number of methoxy groups -OCH3 is 2. The molecule has 0 spiro atoms. The van der Waals surface area contributed by atoms with Gasteiger partial charge < -0.3 is 29.5 Å². The molecule has 8 heteroatoms. The number of rotatable bonds is 8. The first kappa shape index (κ1) is 22.5. The molecule has 8 nitrogen and oxygen atoms in total. The van der Waals surface area contributed by atoms with Gasteiger partial charge in [0, 0.05) is 59.1 Å². The number of benzene rings is 1. The molecule has 1 N–H and O–H groups in total. The van der Waals surface area contributed by atoms with Crippen LogP contribution >= 0.6 is 0 Å². The van der Waals surface area contributed by atoms with E-state index < -0.39 is 0 Å². The number of carbonyl (C=O) groups is 1. The van der Waals surface area contributed by atoms with E-state index in [1.54, 1.807) is 39.4 Å². The molecule has 0 saturated carbocycles. The van der Waals surface area contributed by atoms with E-state index in [2.05, 4.69) is 27.0 Å². The van der Waals surface area contributed by atoms with Crippen LogP contribution in [0.5, 0.6) is 11.5 Å². The zero-order valence-corrected chi connectivity index (χ0v) is 19.1. The summed E-state index contributed by atoms with van der Waals surface area (Å²) >= 11 is 0. The molecule has 1 aliphatic rings. The molecule has 1 aromatic carbocycles. The molecule has 168 valence electrons. The van der Waals surface area contributed by atoms with Crippen molar-refractivity contribution >= 4 is 23.0 Å². The molecule has 1 aliphatic heterocycles. The van der Waals surface area contributed by atoms with Crippen molar-refractivity contribution < 1.29 is 14.3 Å². The van der Waals surface area contributed by atoms with Crippen LogP contribution in [0, 0.1) is 0 Å². The summed E-state index contributed by atoms with van der Waals surface area (Å²) in [6.45, 7) is 6.22. The van der Waals surface area contributed by atoms with Crippen LogP contribution in [0.15, 0.2) is 30.6 Å². The van der Waals surface area contributed by atoms with Crippen LogP contribution in [0.2, 0.25) is 0 Å². The number of anilines is 3. The zero-order chi connectivity index (χ0) is 22.4. The largest absolute Gasteiger partial charge is 0.497 e. The Balaban J connectivity index is 1.82. The number of nitrogens with zero attached hydrogens (tertiary/aromatic N) is 4. The molecule has 1 aromatic heterocycles. The summed E-state index contributed by atoms with van der Waals surface area (Å²) in [4.78, 5) is 23.3. The monoisotopic (exact) mass is 427 g/mol. The highest BCUT2D eigenvalue weighted by molar-refractivity contribution is 6.02. The Bertz CT molecular complexity index is 895. The van der Waals surface area contributed by atoms with Crippen LogP contribution in [-0.2, 0) is 0 Å². The number of amides is 1. The smallest absolute Gasteiger partial charge is 0.257 e. The summed E-state index contributed by atoms with van der Waals surface area (Å²) in [7, 11) is 6.86. The maximum absolute atomic E-state index is 12.7. The molecule has 0 bridgehead atoms. The van der Waals surface area contributed by atoms with Gasteiger partial charge in [0.15, 0.2) is 0 Å². The summed E-state index contributed by atoms with van der Waals surface area (Å²) in [6, 6.07) is 5.91. The number of ether oxygens (including phenoxy) is 2. The van der Waals surface area contributed by atoms with Crippen molar-refractivity contribution in [1.29, 1.82) is 0 Å². The molecule has 1 amide bonds. The fraction of sp³-hybridized carbons (Fsp3) is 0.478. The lowest BCUT2D eigenvalue weighted by Gasteiger charge is -2.38. The van der Waals surface area contributed by atoms with Gasteiger partial charge in [-0.05, 0) is 18.6 Å². The molecule has 0 atom stereocenters. The van der Waals surface area contributed by atoms with E-state index in [-0.39, 0.29) is 5.91 Å². The molecule has 0 radical (unpaired) electrons. The van der Waals surface area contributed by atoms with Crippen LogP contribution in [0.3, 0.4) is 0 Å². The zero-order valence-electron chi connectivity index (χ0n) is 19.1. The van der Waals surface area contributed by atoms with Gasteiger partial charge in [-0.25, -0.2) is 0 Å². The quantitative estimate of drug-likeness (QED) is 0.695. The summed E-state index contributed by atoms with van der Waals surface area (Å²) in [5.41, 5.74) is 3.51. The van der Waals surface area contributed by atoms with Crippen LogP contribution in [0.4, 0.5) is 17.1 Å². The van der Waals surface area contributed by atoms with Crippen molar-refractivity contribution in [2.24, 2.45) is 0 Å². The molecular formula is C23H33N5O3. The Kier molecular flexibility index (Phi) is 7.44. The van der Waals surface area contributed by atoms with Gasteiger partial charge in [0.25, 0.3) is 5.91 Å². The third-order valence-corrected chi connectivity index (χ3v) is 5.46. The lowest BCUT2D eigenvalue weighted by molar-refractivity contribution is 0.0828. The highest BCUT2D eigenvalue weighted by Gasteiger charge is 2.25. The third kappa shape index (κ3) is 4.95.